The Balaban J connectivity index is 2.12. The molecule has 3 nitrogen and oxygen atoms in total. The van der Waals surface area contributed by atoms with E-state index in [-0.39, 0.29) is 11.4 Å². The number of rotatable bonds is 2. The van der Waals surface area contributed by atoms with Crippen LogP contribution in [0.2, 0.25) is 0 Å². The lowest BCUT2D eigenvalue weighted by atomic mass is 10.0. The van der Waals surface area contributed by atoms with Crippen molar-refractivity contribution < 1.29 is 9.53 Å². The van der Waals surface area contributed by atoms with Crippen LogP contribution < -0.4 is 4.74 Å². The number of carbonyl (C=O) groups is 1. The van der Waals surface area contributed by atoms with Gasteiger partial charge in [0, 0.05) is 25.1 Å². The lowest BCUT2D eigenvalue weighted by Gasteiger charge is -2.23. The second-order valence-corrected chi connectivity index (χ2v) is 6.36. The average Bonchev–Trinajstić information content (AvgIpc) is 2.34. The molecule has 0 aliphatic carbocycles. The molecule has 0 spiro atoms. The number of piperidine rings is 1. The molecule has 0 saturated carbocycles. The highest BCUT2D eigenvalue weighted by Gasteiger charge is 2.18. The Labute approximate surface area is 121 Å². The van der Waals surface area contributed by atoms with E-state index in [1.807, 2.05) is 58.2 Å². The summed E-state index contributed by atoms with van der Waals surface area (Å²) < 4.78 is 5.79. The second-order valence-electron chi connectivity index (χ2n) is 6.36. The maximum atomic E-state index is 11.9. The third kappa shape index (κ3) is 4.20. The molecule has 1 aromatic rings. The second kappa shape index (κ2) is 5.80. The minimum absolute atomic E-state index is 0.192. The number of nitrogens with zero attached hydrogens (tertiary/aromatic N) is 1. The van der Waals surface area contributed by atoms with Crippen molar-refractivity contribution in [2.24, 2.45) is 0 Å². The number of ketones is 1. The molecule has 1 heterocycles. The van der Waals surface area contributed by atoms with Crippen LogP contribution >= 0.6 is 0 Å². The number of hydrogen-bond acceptors (Lipinski definition) is 3. The van der Waals surface area contributed by atoms with E-state index < -0.39 is 0 Å². The number of likely N-dealkylation sites (N-methyl/N-ethyl adjacent to an activating group) is 1. The smallest absolute Gasteiger partial charge is 0.161 e. The predicted octanol–water partition coefficient (Wildman–Crippen LogP) is 3.15. The summed E-state index contributed by atoms with van der Waals surface area (Å²) in [6, 6.07) is 7.90. The lowest BCUT2D eigenvalue weighted by Crippen LogP contribution is -2.32. The first-order valence-electron chi connectivity index (χ1n) is 7.05. The van der Waals surface area contributed by atoms with Gasteiger partial charge in [0.05, 0.1) is 0 Å². The molecule has 0 aromatic heterocycles. The van der Waals surface area contributed by atoms with Crippen LogP contribution in [0.25, 0.3) is 6.08 Å². The molecule has 1 aromatic carbocycles. The highest BCUT2D eigenvalue weighted by atomic mass is 16.5. The van der Waals surface area contributed by atoms with Gasteiger partial charge in [-0.25, -0.2) is 0 Å². The third-order valence-electron chi connectivity index (χ3n) is 3.16. The molecule has 2 rings (SSSR count). The van der Waals surface area contributed by atoms with Crippen molar-refractivity contribution in [3.05, 3.63) is 35.4 Å². The molecule has 0 N–H and O–H groups in total. The van der Waals surface area contributed by atoms with Crippen LogP contribution in [0.4, 0.5) is 0 Å². The van der Waals surface area contributed by atoms with E-state index in [0.29, 0.717) is 6.42 Å². The van der Waals surface area contributed by atoms with E-state index in [2.05, 4.69) is 4.90 Å². The summed E-state index contributed by atoms with van der Waals surface area (Å²) in [7, 11) is 2.04. The van der Waals surface area contributed by atoms with E-state index in [1.165, 1.54) is 0 Å². The van der Waals surface area contributed by atoms with Crippen LogP contribution in [0.1, 0.15) is 32.8 Å². The SMILES string of the molecule is CN1CCC(=O)/C(=C/c2ccc(OC(C)(C)C)cc2)C1. The molecule has 20 heavy (non-hydrogen) atoms. The normalized spacial score (nSPS) is 19.4. The molecule has 108 valence electrons. The van der Waals surface area contributed by atoms with Gasteiger partial charge >= 0.3 is 0 Å². The Bertz CT molecular complexity index is 509. The molecule has 3 heteroatoms. The highest BCUT2D eigenvalue weighted by Crippen LogP contribution is 2.20. The van der Waals surface area contributed by atoms with Gasteiger partial charge in [-0.05, 0) is 51.6 Å². The zero-order chi connectivity index (χ0) is 14.8. The standard InChI is InChI=1S/C17H23NO2/c1-17(2,3)20-15-7-5-13(6-8-15)11-14-12-18(4)10-9-16(14)19/h5-8,11H,9-10,12H2,1-4H3/b14-11+. The van der Waals surface area contributed by atoms with Crippen molar-refractivity contribution in [1.29, 1.82) is 0 Å². The van der Waals surface area contributed by atoms with Gasteiger partial charge in [0.15, 0.2) is 5.78 Å². The Morgan fingerprint density at radius 1 is 1.20 bits per heavy atom. The number of ether oxygens (including phenoxy) is 1. The maximum Gasteiger partial charge on any atom is 0.161 e. The van der Waals surface area contributed by atoms with Crippen LogP contribution in [0.5, 0.6) is 5.75 Å². The summed E-state index contributed by atoms with van der Waals surface area (Å²) in [5.74, 6) is 1.12. The van der Waals surface area contributed by atoms with Gasteiger partial charge in [0.25, 0.3) is 0 Å². The van der Waals surface area contributed by atoms with E-state index in [0.717, 1.165) is 30.0 Å². The van der Waals surface area contributed by atoms with Crippen molar-refractivity contribution in [3.63, 3.8) is 0 Å². The summed E-state index contributed by atoms with van der Waals surface area (Å²) in [4.78, 5) is 14.1. The van der Waals surface area contributed by atoms with Crippen LogP contribution in [-0.4, -0.2) is 36.4 Å². The zero-order valence-corrected chi connectivity index (χ0v) is 12.8. The summed E-state index contributed by atoms with van der Waals surface area (Å²) >= 11 is 0. The van der Waals surface area contributed by atoms with Gasteiger partial charge in [-0.1, -0.05) is 12.1 Å². The van der Waals surface area contributed by atoms with Crippen LogP contribution in [0, 0.1) is 0 Å². The topological polar surface area (TPSA) is 29.5 Å². The minimum Gasteiger partial charge on any atom is -0.488 e. The number of likely N-dealkylation sites (tertiary alicyclic amines) is 1. The van der Waals surface area contributed by atoms with Gasteiger partial charge < -0.3 is 9.64 Å². The zero-order valence-electron chi connectivity index (χ0n) is 12.8. The van der Waals surface area contributed by atoms with Crippen molar-refractivity contribution in [2.75, 3.05) is 20.1 Å². The first kappa shape index (κ1) is 14.8. The Hall–Kier alpha value is -1.61. The molecule has 1 saturated heterocycles. The molecule has 0 bridgehead atoms. The third-order valence-corrected chi connectivity index (χ3v) is 3.16. The monoisotopic (exact) mass is 273 g/mol. The molecular weight excluding hydrogens is 250 g/mol. The van der Waals surface area contributed by atoms with E-state index in [9.17, 15) is 4.79 Å². The fraction of sp³-hybridized carbons (Fsp3) is 0.471. The first-order chi connectivity index (χ1) is 9.33. The van der Waals surface area contributed by atoms with Crippen molar-refractivity contribution >= 4 is 11.9 Å². The first-order valence-corrected chi connectivity index (χ1v) is 7.05. The molecule has 0 radical (unpaired) electrons. The van der Waals surface area contributed by atoms with Gasteiger partial charge in [-0.15, -0.1) is 0 Å². The summed E-state index contributed by atoms with van der Waals surface area (Å²) in [5.41, 5.74) is 1.75. The van der Waals surface area contributed by atoms with Crippen molar-refractivity contribution in [2.45, 2.75) is 32.8 Å². The Morgan fingerprint density at radius 2 is 1.85 bits per heavy atom. The van der Waals surface area contributed by atoms with Gasteiger partial charge in [-0.2, -0.15) is 0 Å². The number of Topliss-reactive ketones (excluding diaryl/α,β-unsaturated/α-hetero) is 1. The molecule has 0 amide bonds. The molecular formula is C17H23NO2. The Kier molecular flexibility index (Phi) is 4.29. The largest absolute Gasteiger partial charge is 0.488 e. The Morgan fingerprint density at radius 3 is 2.45 bits per heavy atom. The van der Waals surface area contributed by atoms with Crippen molar-refractivity contribution in [3.8, 4) is 5.75 Å². The fourth-order valence-electron chi connectivity index (χ4n) is 2.22. The summed E-state index contributed by atoms with van der Waals surface area (Å²) in [6.45, 7) is 7.67. The highest BCUT2D eigenvalue weighted by molar-refractivity contribution is 6.00. The molecule has 1 aliphatic rings. The quantitative estimate of drug-likeness (QED) is 0.775. The van der Waals surface area contributed by atoms with Gasteiger partial charge in [0.1, 0.15) is 11.4 Å². The van der Waals surface area contributed by atoms with E-state index in [1.54, 1.807) is 0 Å². The lowest BCUT2D eigenvalue weighted by molar-refractivity contribution is -0.117. The summed E-state index contributed by atoms with van der Waals surface area (Å²) in [5, 5.41) is 0. The fourth-order valence-corrected chi connectivity index (χ4v) is 2.22. The summed E-state index contributed by atoms with van der Waals surface area (Å²) in [6.07, 6.45) is 2.60. The van der Waals surface area contributed by atoms with E-state index in [4.69, 9.17) is 4.74 Å². The molecule has 1 aliphatic heterocycles. The van der Waals surface area contributed by atoms with Crippen molar-refractivity contribution in [1.82, 2.24) is 4.90 Å². The number of carbonyl (C=O) groups excluding carboxylic acids is 1. The number of hydrogen-bond donors (Lipinski definition) is 0. The van der Waals surface area contributed by atoms with Crippen LogP contribution in [0.15, 0.2) is 29.8 Å². The average molecular weight is 273 g/mol. The van der Waals surface area contributed by atoms with E-state index >= 15 is 0 Å². The molecule has 0 atom stereocenters. The maximum absolute atomic E-state index is 11.9. The van der Waals surface area contributed by atoms with Gasteiger partial charge in [0.2, 0.25) is 0 Å². The molecule has 1 fully saturated rings. The number of benzene rings is 1. The van der Waals surface area contributed by atoms with Crippen LogP contribution in [0.3, 0.4) is 0 Å². The van der Waals surface area contributed by atoms with Gasteiger partial charge in [-0.3, -0.25) is 4.79 Å². The molecule has 0 unspecified atom stereocenters. The predicted molar refractivity (Wildman–Crippen MR) is 81.9 cm³/mol. The minimum atomic E-state index is -0.192. The van der Waals surface area contributed by atoms with Crippen LogP contribution in [-0.2, 0) is 4.79 Å².